The van der Waals surface area contributed by atoms with Crippen LogP contribution in [0.4, 0.5) is 0 Å². The Morgan fingerprint density at radius 3 is 3.00 bits per heavy atom. The van der Waals surface area contributed by atoms with Crippen LogP contribution in [0.25, 0.3) is 0 Å². The number of benzene rings is 1. The Labute approximate surface area is 99.6 Å². The summed E-state index contributed by atoms with van der Waals surface area (Å²) >= 11 is 0. The number of para-hydroxylation sites is 1. The fraction of sp³-hybridized carbons (Fsp3) is 0.214. The van der Waals surface area contributed by atoms with Crippen LogP contribution < -0.4 is 10.5 Å². The van der Waals surface area contributed by atoms with Gasteiger partial charge in [-0.1, -0.05) is 24.3 Å². The van der Waals surface area contributed by atoms with Gasteiger partial charge in [-0.3, -0.25) is 4.79 Å². The molecule has 0 saturated heterocycles. The fourth-order valence-corrected chi connectivity index (χ4v) is 2.40. The Hall–Kier alpha value is -2.03. The quantitative estimate of drug-likeness (QED) is 0.797. The van der Waals surface area contributed by atoms with Crippen molar-refractivity contribution in [1.29, 1.82) is 0 Å². The van der Waals surface area contributed by atoms with E-state index in [1.165, 1.54) is 0 Å². The van der Waals surface area contributed by atoms with Crippen molar-refractivity contribution in [2.45, 2.75) is 12.8 Å². The Morgan fingerprint density at radius 2 is 2.18 bits per heavy atom. The van der Waals surface area contributed by atoms with E-state index in [4.69, 9.17) is 10.5 Å². The van der Waals surface area contributed by atoms with Crippen LogP contribution in [0.2, 0.25) is 0 Å². The molecule has 0 bridgehead atoms. The Kier molecular flexibility index (Phi) is 2.25. The number of amides is 1. The van der Waals surface area contributed by atoms with Crippen LogP contribution >= 0.6 is 0 Å². The first kappa shape index (κ1) is 10.1. The number of carbonyl (C=O) groups is 1. The van der Waals surface area contributed by atoms with E-state index in [-0.39, 0.29) is 11.8 Å². The van der Waals surface area contributed by atoms with Crippen molar-refractivity contribution < 1.29 is 9.53 Å². The second kappa shape index (κ2) is 3.77. The molecule has 2 N–H and O–H groups in total. The molecular weight excluding hydrogens is 214 g/mol. The lowest BCUT2D eigenvalue weighted by molar-refractivity contribution is -0.120. The van der Waals surface area contributed by atoms with E-state index >= 15 is 0 Å². The highest BCUT2D eigenvalue weighted by atomic mass is 16.5. The van der Waals surface area contributed by atoms with E-state index in [1.807, 2.05) is 36.4 Å². The lowest BCUT2D eigenvalue weighted by Crippen LogP contribution is -2.29. The zero-order chi connectivity index (χ0) is 11.8. The number of rotatable bonds is 1. The molecule has 1 aromatic rings. The van der Waals surface area contributed by atoms with Gasteiger partial charge in [-0.25, -0.2) is 0 Å². The summed E-state index contributed by atoms with van der Waals surface area (Å²) in [7, 11) is 0. The topological polar surface area (TPSA) is 52.3 Å². The summed E-state index contributed by atoms with van der Waals surface area (Å²) in [5.41, 5.74) is 7.56. The summed E-state index contributed by atoms with van der Waals surface area (Å²) in [4.78, 5) is 11.4. The standard InChI is InChI=1S/C14H13NO2/c15-14(16)10-5-3-7-13-11(10)8-9-4-1-2-6-12(9)17-13/h1-4,6-7,10H,5,8H2,(H2,15,16). The largest absolute Gasteiger partial charge is 0.457 e. The van der Waals surface area contributed by atoms with E-state index in [0.717, 1.165) is 29.1 Å². The molecule has 86 valence electrons. The van der Waals surface area contributed by atoms with Crippen LogP contribution in [0.15, 0.2) is 47.7 Å². The van der Waals surface area contributed by atoms with Crippen LogP contribution in [0.5, 0.6) is 5.75 Å². The van der Waals surface area contributed by atoms with Crippen molar-refractivity contribution in [2.75, 3.05) is 0 Å². The first-order chi connectivity index (χ1) is 8.25. The smallest absolute Gasteiger partial charge is 0.225 e. The van der Waals surface area contributed by atoms with Crippen LogP contribution in [0.1, 0.15) is 12.0 Å². The molecule has 1 amide bonds. The number of primary amides is 1. The van der Waals surface area contributed by atoms with E-state index in [1.54, 1.807) is 0 Å². The Balaban J connectivity index is 2.02. The molecule has 3 rings (SSSR count). The first-order valence-corrected chi connectivity index (χ1v) is 5.70. The Morgan fingerprint density at radius 1 is 1.35 bits per heavy atom. The van der Waals surface area contributed by atoms with Crippen LogP contribution in [-0.4, -0.2) is 5.91 Å². The number of hydrogen-bond donors (Lipinski definition) is 1. The van der Waals surface area contributed by atoms with Gasteiger partial charge in [0.1, 0.15) is 11.5 Å². The highest BCUT2D eigenvalue weighted by molar-refractivity contribution is 5.81. The molecule has 1 aliphatic heterocycles. The third-order valence-electron chi connectivity index (χ3n) is 3.29. The van der Waals surface area contributed by atoms with E-state index in [0.29, 0.717) is 6.42 Å². The minimum atomic E-state index is -0.273. The molecule has 2 aliphatic rings. The van der Waals surface area contributed by atoms with Crippen molar-refractivity contribution in [2.24, 2.45) is 11.7 Å². The van der Waals surface area contributed by atoms with Gasteiger partial charge in [0.15, 0.2) is 0 Å². The zero-order valence-electron chi connectivity index (χ0n) is 9.35. The van der Waals surface area contributed by atoms with E-state index < -0.39 is 0 Å². The molecule has 1 unspecified atom stereocenters. The summed E-state index contributed by atoms with van der Waals surface area (Å²) in [6.07, 6.45) is 5.32. The van der Waals surface area contributed by atoms with Crippen molar-refractivity contribution in [3.8, 4) is 5.75 Å². The molecule has 1 atom stereocenters. The number of allylic oxidation sites excluding steroid dienone is 2. The molecule has 0 aromatic heterocycles. The first-order valence-electron chi connectivity index (χ1n) is 5.70. The summed E-state index contributed by atoms with van der Waals surface area (Å²) in [6, 6.07) is 7.89. The minimum Gasteiger partial charge on any atom is -0.457 e. The van der Waals surface area contributed by atoms with Crippen LogP contribution in [0.3, 0.4) is 0 Å². The number of carbonyl (C=O) groups excluding carboxylic acids is 1. The molecule has 17 heavy (non-hydrogen) atoms. The molecule has 0 saturated carbocycles. The monoisotopic (exact) mass is 227 g/mol. The van der Waals surface area contributed by atoms with Crippen molar-refractivity contribution in [1.82, 2.24) is 0 Å². The highest BCUT2D eigenvalue weighted by Gasteiger charge is 2.29. The van der Waals surface area contributed by atoms with E-state index in [9.17, 15) is 4.79 Å². The second-order valence-corrected chi connectivity index (χ2v) is 4.37. The van der Waals surface area contributed by atoms with Gasteiger partial charge >= 0.3 is 0 Å². The van der Waals surface area contributed by atoms with Crippen LogP contribution in [0, 0.1) is 5.92 Å². The summed E-state index contributed by atoms with van der Waals surface area (Å²) in [6.45, 7) is 0. The minimum absolute atomic E-state index is 0.219. The maximum Gasteiger partial charge on any atom is 0.225 e. The van der Waals surface area contributed by atoms with Gasteiger partial charge < -0.3 is 10.5 Å². The Bertz CT molecular complexity index is 543. The van der Waals surface area contributed by atoms with Crippen molar-refractivity contribution >= 4 is 5.91 Å². The van der Waals surface area contributed by atoms with Gasteiger partial charge in [0, 0.05) is 6.42 Å². The van der Waals surface area contributed by atoms with E-state index in [2.05, 4.69) is 0 Å². The van der Waals surface area contributed by atoms with Crippen molar-refractivity contribution in [3.05, 3.63) is 53.3 Å². The summed E-state index contributed by atoms with van der Waals surface area (Å²) in [5, 5.41) is 0. The van der Waals surface area contributed by atoms with Gasteiger partial charge in [0.2, 0.25) is 5.91 Å². The number of nitrogens with two attached hydrogens (primary N) is 1. The third-order valence-corrected chi connectivity index (χ3v) is 3.29. The average Bonchev–Trinajstić information content (AvgIpc) is 2.35. The SMILES string of the molecule is NC(=O)C1CC=CC2=C1Cc1ccccc1O2. The molecule has 3 nitrogen and oxygen atoms in total. The second-order valence-electron chi connectivity index (χ2n) is 4.37. The average molecular weight is 227 g/mol. The number of fused-ring (bicyclic) bond motifs is 1. The predicted octanol–water partition coefficient (Wildman–Crippen LogP) is 1.94. The molecule has 1 aliphatic carbocycles. The van der Waals surface area contributed by atoms with Gasteiger partial charge in [-0.2, -0.15) is 0 Å². The molecule has 0 radical (unpaired) electrons. The number of ether oxygens (including phenoxy) is 1. The molecular formula is C14H13NO2. The van der Waals surface area contributed by atoms with Gasteiger partial charge in [-0.05, 0) is 29.7 Å². The van der Waals surface area contributed by atoms with Gasteiger partial charge in [0.25, 0.3) is 0 Å². The molecule has 0 fully saturated rings. The molecule has 1 heterocycles. The fourth-order valence-electron chi connectivity index (χ4n) is 2.40. The lowest BCUT2D eigenvalue weighted by atomic mass is 9.84. The van der Waals surface area contributed by atoms with Gasteiger partial charge in [0.05, 0.1) is 5.92 Å². The summed E-state index contributed by atoms with van der Waals surface area (Å²) in [5.74, 6) is 1.17. The molecule has 0 spiro atoms. The lowest BCUT2D eigenvalue weighted by Gasteiger charge is -2.28. The third kappa shape index (κ3) is 1.64. The normalized spacial score (nSPS) is 21.5. The summed E-state index contributed by atoms with van der Waals surface area (Å²) < 4.78 is 5.80. The number of hydrogen-bond acceptors (Lipinski definition) is 2. The molecule has 1 aromatic carbocycles. The van der Waals surface area contributed by atoms with Crippen molar-refractivity contribution in [3.63, 3.8) is 0 Å². The van der Waals surface area contributed by atoms with Gasteiger partial charge in [-0.15, -0.1) is 0 Å². The van der Waals surface area contributed by atoms with Crippen LogP contribution in [-0.2, 0) is 11.2 Å². The maximum atomic E-state index is 11.4. The highest BCUT2D eigenvalue weighted by Crippen LogP contribution is 2.36. The zero-order valence-corrected chi connectivity index (χ0v) is 9.35. The maximum absolute atomic E-state index is 11.4. The molecule has 3 heteroatoms. The predicted molar refractivity (Wildman–Crippen MR) is 64.2 cm³/mol.